The molecule has 2 saturated carbocycles. The lowest BCUT2D eigenvalue weighted by Gasteiger charge is -2.35. The van der Waals surface area contributed by atoms with Crippen LogP contribution in [0.4, 0.5) is 5.82 Å². The van der Waals surface area contributed by atoms with Crippen molar-refractivity contribution in [1.82, 2.24) is 14.2 Å². The van der Waals surface area contributed by atoms with Crippen molar-refractivity contribution < 1.29 is 9.59 Å². The van der Waals surface area contributed by atoms with Gasteiger partial charge in [-0.3, -0.25) is 19.4 Å². The Labute approximate surface area is 193 Å². The fraction of sp³-hybridized carbons (Fsp3) is 0.640. The van der Waals surface area contributed by atoms with Gasteiger partial charge >= 0.3 is 0 Å². The lowest BCUT2D eigenvalue weighted by molar-refractivity contribution is -0.140. The van der Waals surface area contributed by atoms with Crippen molar-refractivity contribution in [2.75, 3.05) is 44.2 Å². The summed E-state index contributed by atoms with van der Waals surface area (Å²) in [4.78, 5) is 32.2. The van der Waals surface area contributed by atoms with Crippen LogP contribution in [0.2, 0.25) is 0 Å². The van der Waals surface area contributed by atoms with Gasteiger partial charge in [0.2, 0.25) is 11.8 Å². The standard InChI is InChI=1S/C25H32N4O2S/c30-24-21-17-8-9-18(16-17)22(21)25(31)29(24)11-5-1-4-10-27-12-14-28(15-13-27)23-19-6-2-3-7-20(19)32-26-23/h2-3,6-7,17-18,21-22H,1,4-5,8-16H2/t17-,18+,21+,22-. The van der Waals surface area contributed by atoms with Gasteiger partial charge < -0.3 is 4.90 Å². The molecule has 2 aromatic rings. The van der Waals surface area contributed by atoms with Gasteiger partial charge in [0.05, 0.1) is 16.5 Å². The number of likely N-dealkylation sites (tertiary alicyclic amines) is 1. The van der Waals surface area contributed by atoms with Crippen LogP contribution in [0.15, 0.2) is 24.3 Å². The Balaban J connectivity index is 0.928. The molecule has 4 fully saturated rings. The number of hydrogen-bond acceptors (Lipinski definition) is 6. The molecule has 2 saturated heterocycles. The van der Waals surface area contributed by atoms with Crippen molar-refractivity contribution in [3.63, 3.8) is 0 Å². The second-order valence-corrected chi connectivity index (χ2v) is 10.9. The molecule has 0 spiro atoms. The Hall–Kier alpha value is -1.99. The molecule has 0 radical (unpaired) electrons. The van der Waals surface area contributed by atoms with Crippen molar-refractivity contribution >= 4 is 39.3 Å². The Bertz CT molecular complexity index is 986. The third-order valence-corrected chi connectivity index (χ3v) is 9.22. The predicted molar refractivity (Wildman–Crippen MR) is 127 cm³/mol. The number of imide groups is 1. The number of aromatic nitrogens is 1. The van der Waals surface area contributed by atoms with Crippen LogP contribution in [0.5, 0.6) is 0 Å². The average molecular weight is 453 g/mol. The van der Waals surface area contributed by atoms with Gasteiger partial charge in [0.15, 0.2) is 0 Å². The minimum absolute atomic E-state index is 0.0346. The molecule has 2 amide bonds. The van der Waals surface area contributed by atoms with Gasteiger partial charge in [-0.15, -0.1) is 0 Å². The molecule has 2 aliphatic heterocycles. The van der Waals surface area contributed by atoms with Crippen molar-refractivity contribution in [2.24, 2.45) is 23.7 Å². The zero-order valence-corrected chi connectivity index (χ0v) is 19.4. The monoisotopic (exact) mass is 452 g/mol. The molecule has 6 nitrogen and oxygen atoms in total. The van der Waals surface area contributed by atoms with Crippen LogP contribution in [0.1, 0.15) is 38.5 Å². The summed E-state index contributed by atoms with van der Waals surface area (Å²) in [5.74, 6) is 2.50. The maximum Gasteiger partial charge on any atom is 0.233 e. The first-order valence-corrected chi connectivity index (χ1v) is 13.1. The largest absolute Gasteiger partial charge is 0.353 e. The van der Waals surface area contributed by atoms with Crippen molar-refractivity contribution in [1.29, 1.82) is 0 Å². The van der Waals surface area contributed by atoms with E-state index in [4.69, 9.17) is 4.37 Å². The van der Waals surface area contributed by atoms with E-state index < -0.39 is 0 Å². The SMILES string of the molecule is O=C1[C@@H]2[C@H]3CC[C@H](C3)[C@@H]2C(=O)N1CCCCCN1CCN(c2nsc3ccccc23)CC1. The highest BCUT2D eigenvalue weighted by Gasteiger charge is 2.60. The maximum absolute atomic E-state index is 12.8. The van der Waals surface area contributed by atoms with E-state index in [1.165, 1.54) is 10.1 Å². The van der Waals surface area contributed by atoms with Crippen LogP contribution in [0, 0.1) is 23.7 Å². The van der Waals surface area contributed by atoms with Gasteiger partial charge in [0.1, 0.15) is 5.82 Å². The fourth-order valence-corrected chi connectivity index (χ4v) is 7.55. The van der Waals surface area contributed by atoms with Crippen molar-refractivity contribution in [3.05, 3.63) is 24.3 Å². The number of carbonyl (C=O) groups is 2. The summed E-state index contributed by atoms with van der Waals surface area (Å²) in [7, 11) is 0. The summed E-state index contributed by atoms with van der Waals surface area (Å²) >= 11 is 1.59. The number of benzene rings is 1. The summed E-state index contributed by atoms with van der Waals surface area (Å²) in [5.41, 5.74) is 0. The normalized spacial score (nSPS) is 30.1. The number of unbranched alkanes of at least 4 members (excludes halogenated alkanes) is 2. The third kappa shape index (κ3) is 3.45. The number of carbonyl (C=O) groups excluding carboxylic acids is 2. The smallest absolute Gasteiger partial charge is 0.233 e. The molecule has 3 heterocycles. The second kappa shape index (κ2) is 8.41. The molecule has 4 aliphatic rings. The highest BCUT2D eigenvalue weighted by Crippen LogP contribution is 2.56. The van der Waals surface area contributed by atoms with Gasteiger partial charge in [-0.2, -0.15) is 4.37 Å². The minimum atomic E-state index is 0.0346. The first-order valence-electron chi connectivity index (χ1n) is 12.4. The number of hydrogen-bond donors (Lipinski definition) is 0. The number of rotatable bonds is 7. The first-order chi connectivity index (χ1) is 15.7. The first kappa shape index (κ1) is 20.6. The molecule has 2 bridgehead atoms. The molecule has 1 aromatic heterocycles. The fourth-order valence-electron chi connectivity index (χ4n) is 6.76. The molecule has 2 aliphatic carbocycles. The lowest BCUT2D eigenvalue weighted by atomic mass is 9.81. The van der Waals surface area contributed by atoms with E-state index in [9.17, 15) is 9.59 Å². The van der Waals surface area contributed by atoms with Crippen LogP contribution in [0.3, 0.4) is 0 Å². The van der Waals surface area contributed by atoms with E-state index >= 15 is 0 Å². The quantitative estimate of drug-likeness (QED) is 0.474. The Morgan fingerprint density at radius 3 is 2.31 bits per heavy atom. The van der Waals surface area contributed by atoms with Crippen molar-refractivity contribution in [3.8, 4) is 0 Å². The molecule has 0 unspecified atom stereocenters. The average Bonchev–Trinajstić information content (AvgIpc) is 3.59. The van der Waals surface area contributed by atoms with E-state index in [0.717, 1.165) is 77.1 Å². The molecular weight excluding hydrogens is 420 g/mol. The minimum Gasteiger partial charge on any atom is -0.353 e. The number of anilines is 1. The number of nitrogens with zero attached hydrogens (tertiary/aromatic N) is 4. The van der Waals surface area contributed by atoms with Gasteiger partial charge in [-0.25, -0.2) is 0 Å². The van der Waals surface area contributed by atoms with Crippen LogP contribution < -0.4 is 4.90 Å². The summed E-state index contributed by atoms with van der Waals surface area (Å²) < 4.78 is 5.96. The van der Waals surface area contributed by atoms with Crippen LogP contribution in [-0.2, 0) is 9.59 Å². The van der Waals surface area contributed by atoms with E-state index in [1.807, 2.05) is 0 Å². The van der Waals surface area contributed by atoms with Gasteiger partial charge in [-0.05, 0) is 74.1 Å². The van der Waals surface area contributed by atoms with E-state index in [-0.39, 0.29) is 23.7 Å². The Kier molecular flexibility index (Phi) is 5.42. The zero-order valence-electron chi connectivity index (χ0n) is 18.6. The molecule has 7 heteroatoms. The Morgan fingerprint density at radius 1 is 0.875 bits per heavy atom. The van der Waals surface area contributed by atoms with Crippen LogP contribution >= 0.6 is 11.5 Å². The molecular formula is C25H32N4O2S. The number of fused-ring (bicyclic) bond motifs is 6. The number of piperazine rings is 1. The molecule has 4 atom stereocenters. The number of amides is 2. The van der Waals surface area contributed by atoms with Crippen LogP contribution in [-0.4, -0.2) is 65.3 Å². The third-order valence-electron chi connectivity index (χ3n) is 8.41. The topological polar surface area (TPSA) is 56.8 Å². The molecule has 170 valence electrons. The van der Waals surface area contributed by atoms with E-state index in [2.05, 4.69) is 34.1 Å². The zero-order chi connectivity index (χ0) is 21.7. The van der Waals surface area contributed by atoms with Crippen LogP contribution in [0.25, 0.3) is 10.1 Å². The maximum atomic E-state index is 12.8. The van der Waals surface area contributed by atoms with E-state index in [0.29, 0.717) is 18.4 Å². The molecule has 0 N–H and O–H groups in total. The van der Waals surface area contributed by atoms with Gasteiger partial charge in [0, 0.05) is 38.1 Å². The second-order valence-electron chi connectivity index (χ2n) is 10.1. The summed E-state index contributed by atoms with van der Waals surface area (Å²) in [5, 5.41) is 1.27. The highest BCUT2D eigenvalue weighted by atomic mass is 32.1. The highest BCUT2D eigenvalue weighted by molar-refractivity contribution is 7.13. The van der Waals surface area contributed by atoms with Crippen molar-refractivity contribution in [2.45, 2.75) is 38.5 Å². The van der Waals surface area contributed by atoms with Gasteiger partial charge in [-0.1, -0.05) is 18.6 Å². The molecule has 32 heavy (non-hydrogen) atoms. The summed E-state index contributed by atoms with van der Waals surface area (Å²) in [6, 6.07) is 8.49. The van der Waals surface area contributed by atoms with E-state index in [1.54, 1.807) is 16.4 Å². The van der Waals surface area contributed by atoms with Gasteiger partial charge in [0.25, 0.3) is 0 Å². The molecule has 6 rings (SSSR count). The summed E-state index contributed by atoms with van der Waals surface area (Å²) in [6.07, 6.45) is 6.59. The molecule has 1 aromatic carbocycles. The Morgan fingerprint density at radius 2 is 1.56 bits per heavy atom. The lowest BCUT2D eigenvalue weighted by Crippen LogP contribution is -2.46. The predicted octanol–water partition coefficient (Wildman–Crippen LogP) is 3.62. The summed E-state index contributed by atoms with van der Waals surface area (Å²) in [6.45, 7) is 5.92.